The predicted molar refractivity (Wildman–Crippen MR) is 134 cm³/mol. The third kappa shape index (κ3) is 5.03. The number of hydrogen-bond donors (Lipinski definition) is 0. The van der Waals surface area contributed by atoms with Crippen LogP contribution >= 0.6 is 23.2 Å². The van der Waals surface area contributed by atoms with Crippen molar-refractivity contribution < 1.29 is 23.3 Å². The lowest BCUT2D eigenvalue weighted by Gasteiger charge is -2.15. The maximum Gasteiger partial charge on any atom is 0.153 e. The SMILES string of the molecule is O=Cc1cc(Cl)c(OCc2cccc(-c3ccc(F)cc3)c2Cl)cc1OCc1ccc2nonc2c1. The Hall–Kier alpha value is -3.94. The normalized spacial score (nSPS) is 11.0. The number of aldehydes is 1. The molecule has 0 saturated heterocycles. The minimum atomic E-state index is -0.323. The molecule has 0 aliphatic rings. The average Bonchev–Trinajstić information content (AvgIpc) is 3.36. The Balaban J connectivity index is 1.34. The molecule has 180 valence electrons. The van der Waals surface area contributed by atoms with Gasteiger partial charge in [0.15, 0.2) is 6.29 Å². The molecule has 0 radical (unpaired) electrons. The molecule has 1 aromatic heterocycles. The van der Waals surface area contributed by atoms with Gasteiger partial charge < -0.3 is 9.47 Å². The molecular weight excluding hydrogens is 506 g/mol. The summed E-state index contributed by atoms with van der Waals surface area (Å²) in [5.41, 5.74) is 4.59. The van der Waals surface area contributed by atoms with Gasteiger partial charge in [-0.2, -0.15) is 0 Å². The molecule has 4 aromatic carbocycles. The topological polar surface area (TPSA) is 74.5 Å². The highest BCUT2D eigenvalue weighted by atomic mass is 35.5. The van der Waals surface area contributed by atoms with Gasteiger partial charge >= 0.3 is 0 Å². The van der Waals surface area contributed by atoms with Crippen LogP contribution in [0.3, 0.4) is 0 Å². The van der Waals surface area contributed by atoms with E-state index in [1.165, 1.54) is 18.2 Å². The van der Waals surface area contributed by atoms with Gasteiger partial charge in [-0.05, 0) is 51.8 Å². The molecule has 0 N–H and O–H groups in total. The van der Waals surface area contributed by atoms with Crippen molar-refractivity contribution in [2.45, 2.75) is 13.2 Å². The molecule has 0 unspecified atom stereocenters. The second-order valence-electron chi connectivity index (χ2n) is 7.89. The second kappa shape index (κ2) is 10.4. The lowest BCUT2D eigenvalue weighted by Crippen LogP contribution is -2.02. The number of carbonyl (C=O) groups is 1. The van der Waals surface area contributed by atoms with Crippen LogP contribution in [0, 0.1) is 5.82 Å². The number of ether oxygens (including phenoxy) is 2. The zero-order chi connectivity index (χ0) is 25.1. The van der Waals surface area contributed by atoms with Crippen molar-refractivity contribution in [1.29, 1.82) is 0 Å². The van der Waals surface area contributed by atoms with Crippen molar-refractivity contribution in [2.24, 2.45) is 0 Å². The average molecular weight is 523 g/mol. The number of carbonyl (C=O) groups excluding carboxylic acids is 1. The summed E-state index contributed by atoms with van der Waals surface area (Å²) in [6, 6.07) is 20.1. The van der Waals surface area contributed by atoms with Gasteiger partial charge in [0, 0.05) is 17.2 Å². The quantitative estimate of drug-likeness (QED) is 0.199. The van der Waals surface area contributed by atoms with Crippen LogP contribution in [0.1, 0.15) is 21.5 Å². The minimum absolute atomic E-state index is 0.114. The van der Waals surface area contributed by atoms with Crippen molar-refractivity contribution in [1.82, 2.24) is 10.3 Å². The summed E-state index contributed by atoms with van der Waals surface area (Å²) in [5, 5.41) is 8.34. The lowest BCUT2D eigenvalue weighted by molar-refractivity contribution is 0.111. The van der Waals surface area contributed by atoms with Gasteiger partial charge in [0.25, 0.3) is 0 Å². The summed E-state index contributed by atoms with van der Waals surface area (Å²) in [6.07, 6.45) is 0.665. The van der Waals surface area contributed by atoms with Gasteiger partial charge in [-0.3, -0.25) is 4.79 Å². The number of benzene rings is 4. The molecule has 6 nitrogen and oxygen atoms in total. The van der Waals surface area contributed by atoms with E-state index in [4.69, 9.17) is 37.3 Å². The second-order valence-corrected chi connectivity index (χ2v) is 8.67. The van der Waals surface area contributed by atoms with Crippen molar-refractivity contribution in [3.05, 3.63) is 105 Å². The highest BCUT2D eigenvalue weighted by Gasteiger charge is 2.14. The molecule has 0 bridgehead atoms. The van der Waals surface area contributed by atoms with E-state index in [1.54, 1.807) is 30.3 Å². The van der Waals surface area contributed by atoms with Crippen molar-refractivity contribution in [2.75, 3.05) is 0 Å². The minimum Gasteiger partial charge on any atom is -0.488 e. The molecular formula is C27H17Cl2FN2O4. The summed E-state index contributed by atoms with van der Waals surface area (Å²) < 4.78 is 29.9. The molecule has 0 aliphatic carbocycles. The highest BCUT2D eigenvalue weighted by molar-refractivity contribution is 6.34. The molecule has 0 fully saturated rings. The summed E-state index contributed by atoms with van der Waals surface area (Å²) in [7, 11) is 0. The van der Waals surface area contributed by atoms with Crippen LogP contribution in [-0.4, -0.2) is 16.6 Å². The van der Waals surface area contributed by atoms with E-state index in [1.807, 2.05) is 24.3 Å². The van der Waals surface area contributed by atoms with Gasteiger partial charge in [-0.15, -0.1) is 0 Å². The summed E-state index contributed by atoms with van der Waals surface area (Å²) in [6.45, 7) is 0.291. The Labute approximate surface area is 215 Å². The first kappa shape index (κ1) is 23.8. The van der Waals surface area contributed by atoms with Gasteiger partial charge in [0.05, 0.1) is 15.6 Å². The van der Waals surface area contributed by atoms with Gasteiger partial charge in [-0.25, -0.2) is 9.02 Å². The Kier molecular flexibility index (Phi) is 6.84. The van der Waals surface area contributed by atoms with Crippen LogP contribution in [0.15, 0.2) is 77.4 Å². The maximum atomic E-state index is 13.3. The molecule has 5 aromatic rings. The first-order valence-corrected chi connectivity index (χ1v) is 11.6. The number of aromatic nitrogens is 2. The summed E-state index contributed by atoms with van der Waals surface area (Å²) in [5.74, 6) is 0.321. The van der Waals surface area contributed by atoms with Crippen molar-refractivity contribution >= 4 is 40.5 Å². The number of nitrogens with zero attached hydrogens (tertiary/aromatic N) is 2. The molecule has 36 heavy (non-hydrogen) atoms. The van der Waals surface area contributed by atoms with Crippen LogP contribution in [0.4, 0.5) is 4.39 Å². The molecule has 1 heterocycles. The number of fused-ring (bicyclic) bond motifs is 1. The van der Waals surface area contributed by atoms with E-state index in [9.17, 15) is 9.18 Å². The van der Waals surface area contributed by atoms with Crippen LogP contribution in [0.25, 0.3) is 22.2 Å². The summed E-state index contributed by atoms with van der Waals surface area (Å²) >= 11 is 13.0. The predicted octanol–water partition coefficient (Wildman–Crippen LogP) is 7.31. The Bertz CT molecular complexity index is 1550. The molecule has 9 heteroatoms. The van der Waals surface area contributed by atoms with Crippen molar-refractivity contribution in [3.63, 3.8) is 0 Å². The third-order valence-corrected chi connectivity index (χ3v) is 6.26. The fourth-order valence-corrected chi connectivity index (χ4v) is 4.17. The van der Waals surface area contributed by atoms with E-state index in [0.717, 1.165) is 16.7 Å². The smallest absolute Gasteiger partial charge is 0.153 e. The standard InChI is InChI=1S/C27H17Cl2FN2O4/c28-22-11-19(13-33)25(34-14-16-4-9-23-24(10-16)32-36-31-23)12-26(22)35-15-18-2-1-3-21(27(18)29)17-5-7-20(30)8-6-17/h1-13H,14-15H2. The number of rotatable bonds is 8. The Morgan fingerprint density at radius 2 is 1.64 bits per heavy atom. The van der Waals surface area contributed by atoms with Crippen molar-refractivity contribution in [3.8, 4) is 22.6 Å². The zero-order valence-electron chi connectivity index (χ0n) is 18.6. The zero-order valence-corrected chi connectivity index (χ0v) is 20.1. The van der Waals surface area contributed by atoms with Crippen LogP contribution in [0.2, 0.25) is 10.0 Å². The first-order valence-electron chi connectivity index (χ1n) is 10.8. The third-order valence-electron chi connectivity index (χ3n) is 5.52. The maximum absolute atomic E-state index is 13.3. The number of halogens is 3. The highest BCUT2D eigenvalue weighted by Crippen LogP contribution is 2.35. The fraction of sp³-hybridized carbons (Fsp3) is 0.0741. The number of hydrogen-bond acceptors (Lipinski definition) is 6. The van der Waals surface area contributed by atoms with E-state index in [0.29, 0.717) is 39.4 Å². The Morgan fingerprint density at radius 1 is 0.861 bits per heavy atom. The molecule has 0 saturated carbocycles. The molecule has 0 aliphatic heterocycles. The van der Waals surface area contributed by atoms with E-state index >= 15 is 0 Å². The van der Waals surface area contributed by atoms with Crippen LogP contribution in [0.5, 0.6) is 11.5 Å². The van der Waals surface area contributed by atoms with Gasteiger partial charge in [-0.1, -0.05) is 59.6 Å². The molecule has 0 amide bonds. The fourth-order valence-electron chi connectivity index (χ4n) is 3.66. The van der Waals surface area contributed by atoms with Crippen LogP contribution in [-0.2, 0) is 13.2 Å². The summed E-state index contributed by atoms with van der Waals surface area (Å²) in [4.78, 5) is 11.6. The Morgan fingerprint density at radius 3 is 2.44 bits per heavy atom. The van der Waals surface area contributed by atoms with E-state index in [-0.39, 0.29) is 29.6 Å². The first-order chi connectivity index (χ1) is 17.5. The molecule has 0 atom stereocenters. The van der Waals surface area contributed by atoms with Gasteiger partial charge in [0.2, 0.25) is 0 Å². The molecule has 0 spiro atoms. The molecule has 5 rings (SSSR count). The van der Waals surface area contributed by atoms with Crippen LogP contribution < -0.4 is 9.47 Å². The largest absolute Gasteiger partial charge is 0.488 e. The monoisotopic (exact) mass is 522 g/mol. The van der Waals surface area contributed by atoms with Gasteiger partial charge in [0.1, 0.15) is 41.6 Å². The lowest BCUT2D eigenvalue weighted by atomic mass is 10.0. The van der Waals surface area contributed by atoms with E-state index in [2.05, 4.69) is 10.3 Å². The van der Waals surface area contributed by atoms with E-state index < -0.39 is 0 Å².